The fraction of sp³-hybridized carbons (Fsp3) is 0.0556. The van der Waals surface area contributed by atoms with Crippen molar-refractivity contribution in [1.82, 2.24) is 15.0 Å². The topological polar surface area (TPSA) is 50.7 Å². The van der Waals surface area contributed by atoms with Crippen molar-refractivity contribution >= 4 is 27.4 Å². The summed E-state index contributed by atoms with van der Waals surface area (Å²) in [6, 6.07) is 14.3. The molecule has 4 heterocycles. The number of pyridine rings is 3. The van der Waals surface area contributed by atoms with E-state index >= 15 is 0 Å². The molecule has 0 aliphatic rings. The van der Waals surface area contributed by atoms with E-state index in [0.29, 0.717) is 0 Å². The van der Waals surface area contributed by atoms with E-state index in [1.54, 1.807) is 17.5 Å². The molecule has 23 heavy (non-hydrogen) atoms. The Morgan fingerprint density at radius 1 is 1.00 bits per heavy atom. The van der Waals surface area contributed by atoms with Crippen molar-refractivity contribution in [2.24, 2.45) is 0 Å². The number of thiophene rings is 1. The number of hydrogen-bond donors (Lipinski definition) is 1. The molecular formula is C18H14N4S. The smallest absolute Gasteiger partial charge is 0.125 e. The molecule has 4 aromatic heterocycles. The van der Waals surface area contributed by atoms with Gasteiger partial charge in [-0.05, 0) is 36.4 Å². The molecule has 1 N–H and O–H groups in total. The predicted molar refractivity (Wildman–Crippen MR) is 95.6 cm³/mol. The Bertz CT molecular complexity index is 946. The molecule has 0 atom stereocenters. The first-order chi connectivity index (χ1) is 11.3. The highest BCUT2D eigenvalue weighted by atomic mass is 32.1. The van der Waals surface area contributed by atoms with Gasteiger partial charge in [0.15, 0.2) is 0 Å². The third kappa shape index (κ3) is 2.66. The van der Waals surface area contributed by atoms with Crippen molar-refractivity contribution < 1.29 is 0 Å². The maximum Gasteiger partial charge on any atom is 0.125 e. The number of nitrogens with zero attached hydrogens (tertiary/aromatic N) is 3. The van der Waals surface area contributed by atoms with E-state index in [9.17, 15) is 0 Å². The summed E-state index contributed by atoms with van der Waals surface area (Å²) in [7, 11) is 1.86. The van der Waals surface area contributed by atoms with Crippen molar-refractivity contribution in [3.05, 3.63) is 61.1 Å². The lowest BCUT2D eigenvalue weighted by Gasteiger charge is -2.02. The first-order valence-electron chi connectivity index (χ1n) is 7.29. The van der Waals surface area contributed by atoms with Gasteiger partial charge in [0.05, 0.1) is 15.9 Å². The number of hydrogen-bond acceptors (Lipinski definition) is 5. The van der Waals surface area contributed by atoms with Gasteiger partial charge in [-0.1, -0.05) is 6.07 Å². The molecule has 0 radical (unpaired) electrons. The fourth-order valence-electron chi connectivity index (χ4n) is 2.43. The highest BCUT2D eigenvalue weighted by Gasteiger charge is 2.08. The average Bonchev–Trinajstić information content (AvgIpc) is 3.06. The Labute approximate surface area is 137 Å². The van der Waals surface area contributed by atoms with Gasteiger partial charge in [-0.2, -0.15) is 0 Å². The number of anilines is 1. The van der Waals surface area contributed by atoms with Gasteiger partial charge < -0.3 is 5.32 Å². The van der Waals surface area contributed by atoms with Crippen LogP contribution in [0.4, 0.5) is 5.82 Å². The number of nitrogens with one attached hydrogen (secondary N) is 1. The normalized spacial score (nSPS) is 10.8. The monoisotopic (exact) mass is 318 g/mol. The number of aromatic nitrogens is 3. The predicted octanol–water partition coefficient (Wildman–Crippen LogP) is 4.46. The van der Waals surface area contributed by atoms with Crippen LogP contribution in [-0.2, 0) is 0 Å². The first kappa shape index (κ1) is 13.8. The fourth-order valence-corrected chi connectivity index (χ4v) is 3.42. The van der Waals surface area contributed by atoms with Gasteiger partial charge >= 0.3 is 0 Å². The Morgan fingerprint density at radius 2 is 1.96 bits per heavy atom. The van der Waals surface area contributed by atoms with Crippen molar-refractivity contribution in [3.63, 3.8) is 0 Å². The van der Waals surface area contributed by atoms with Crippen LogP contribution in [0, 0.1) is 0 Å². The van der Waals surface area contributed by atoms with E-state index in [1.165, 1.54) is 9.58 Å². The zero-order valence-corrected chi connectivity index (χ0v) is 13.3. The van der Waals surface area contributed by atoms with Crippen LogP contribution in [0.25, 0.3) is 31.9 Å². The second kappa shape index (κ2) is 5.78. The molecule has 0 bridgehead atoms. The minimum atomic E-state index is 0.851. The first-order valence-corrected chi connectivity index (χ1v) is 8.10. The molecule has 4 nitrogen and oxygen atoms in total. The summed E-state index contributed by atoms with van der Waals surface area (Å²) in [5.74, 6) is 0.851. The van der Waals surface area contributed by atoms with Crippen LogP contribution in [0.3, 0.4) is 0 Å². The molecule has 4 aromatic rings. The molecular weight excluding hydrogens is 304 g/mol. The third-order valence-corrected chi connectivity index (χ3v) is 4.77. The van der Waals surface area contributed by atoms with Crippen molar-refractivity contribution in [2.75, 3.05) is 12.4 Å². The summed E-state index contributed by atoms with van der Waals surface area (Å²) in [5.41, 5.74) is 4.07. The quantitative estimate of drug-likeness (QED) is 0.606. The molecule has 4 rings (SSSR count). The molecule has 0 fully saturated rings. The zero-order chi connectivity index (χ0) is 15.6. The van der Waals surface area contributed by atoms with Gasteiger partial charge in [0, 0.05) is 41.6 Å². The van der Waals surface area contributed by atoms with Gasteiger partial charge in [0.1, 0.15) is 5.82 Å². The van der Waals surface area contributed by atoms with Crippen molar-refractivity contribution in [3.8, 4) is 21.7 Å². The molecule has 0 amide bonds. The molecule has 0 unspecified atom stereocenters. The molecule has 112 valence electrons. The highest BCUT2D eigenvalue weighted by molar-refractivity contribution is 7.22. The largest absolute Gasteiger partial charge is 0.373 e. The van der Waals surface area contributed by atoms with E-state index < -0.39 is 0 Å². The molecule has 0 spiro atoms. The lowest BCUT2D eigenvalue weighted by molar-refractivity contribution is 1.27. The Kier molecular flexibility index (Phi) is 3.48. The third-order valence-electron chi connectivity index (χ3n) is 3.64. The van der Waals surface area contributed by atoms with Crippen LogP contribution >= 0.6 is 11.3 Å². The Hall–Kier alpha value is -2.79. The second-order valence-corrected chi connectivity index (χ2v) is 6.20. The highest BCUT2D eigenvalue weighted by Crippen LogP contribution is 2.33. The molecule has 0 aliphatic heterocycles. The molecule has 0 saturated carbocycles. The number of fused-ring (bicyclic) bond motifs is 1. The van der Waals surface area contributed by atoms with Crippen LogP contribution in [0.2, 0.25) is 0 Å². The van der Waals surface area contributed by atoms with Gasteiger partial charge in [0.2, 0.25) is 0 Å². The average molecular weight is 318 g/mol. The van der Waals surface area contributed by atoms with Gasteiger partial charge in [0.25, 0.3) is 0 Å². The van der Waals surface area contributed by atoms with Gasteiger partial charge in [-0.3, -0.25) is 4.98 Å². The van der Waals surface area contributed by atoms with Crippen LogP contribution < -0.4 is 5.32 Å². The van der Waals surface area contributed by atoms with E-state index in [1.807, 2.05) is 43.7 Å². The minimum absolute atomic E-state index is 0.851. The zero-order valence-electron chi connectivity index (χ0n) is 12.5. The van der Waals surface area contributed by atoms with E-state index in [-0.39, 0.29) is 0 Å². The van der Waals surface area contributed by atoms with E-state index in [4.69, 9.17) is 4.98 Å². The number of rotatable bonds is 3. The summed E-state index contributed by atoms with van der Waals surface area (Å²) in [5, 5.41) is 3.02. The summed E-state index contributed by atoms with van der Waals surface area (Å²) in [4.78, 5) is 14.5. The van der Waals surface area contributed by atoms with E-state index in [2.05, 4.69) is 33.5 Å². The lowest BCUT2D eigenvalue weighted by Crippen LogP contribution is -1.91. The van der Waals surface area contributed by atoms with Crippen LogP contribution in [0.15, 0.2) is 61.1 Å². The molecule has 5 heteroatoms. The van der Waals surface area contributed by atoms with Crippen LogP contribution in [-0.4, -0.2) is 22.0 Å². The summed E-state index contributed by atoms with van der Waals surface area (Å²) < 4.78 is 1.17. The van der Waals surface area contributed by atoms with Crippen molar-refractivity contribution in [1.29, 1.82) is 0 Å². The summed E-state index contributed by atoms with van der Waals surface area (Å²) in [6.07, 6.45) is 5.51. The van der Waals surface area contributed by atoms with Crippen LogP contribution in [0.5, 0.6) is 0 Å². The summed E-state index contributed by atoms with van der Waals surface area (Å²) in [6.45, 7) is 0. The standard InChI is InChI=1S/C18H14N4S/c1-19-18-7-4-12(11-21-18)14-5-6-16-15(22-14)9-17(23-16)13-3-2-8-20-10-13/h2-11H,1H3,(H,19,21). The molecule has 0 aromatic carbocycles. The maximum atomic E-state index is 4.78. The summed E-state index contributed by atoms with van der Waals surface area (Å²) >= 11 is 1.73. The lowest BCUT2D eigenvalue weighted by atomic mass is 10.2. The minimum Gasteiger partial charge on any atom is -0.373 e. The Balaban J connectivity index is 1.75. The van der Waals surface area contributed by atoms with Crippen molar-refractivity contribution in [2.45, 2.75) is 0 Å². The van der Waals surface area contributed by atoms with Crippen LogP contribution in [0.1, 0.15) is 0 Å². The Morgan fingerprint density at radius 3 is 2.70 bits per heavy atom. The SMILES string of the molecule is CNc1ccc(-c2ccc3sc(-c4cccnc4)cc3n2)cn1. The molecule has 0 aliphatic carbocycles. The van der Waals surface area contributed by atoms with Gasteiger partial charge in [-0.15, -0.1) is 11.3 Å². The maximum absolute atomic E-state index is 4.78. The second-order valence-electron chi connectivity index (χ2n) is 5.11. The van der Waals surface area contributed by atoms with E-state index in [0.717, 1.165) is 28.2 Å². The molecule has 0 saturated heterocycles. The van der Waals surface area contributed by atoms with Gasteiger partial charge in [-0.25, -0.2) is 9.97 Å².